The number of nitrogens with one attached hydrogen (secondary N) is 2. The molecule has 27 heavy (non-hydrogen) atoms. The van der Waals surface area contributed by atoms with Crippen molar-refractivity contribution >= 4 is 23.6 Å². The summed E-state index contributed by atoms with van der Waals surface area (Å²) in [5, 5.41) is 5.47. The fourth-order valence-electron chi connectivity index (χ4n) is 3.66. The molecule has 2 fully saturated rings. The molecule has 1 unspecified atom stereocenters. The second kappa shape index (κ2) is 6.84. The van der Waals surface area contributed by atoms with Gasteiger partial charge in [0.15, 0.2) is 0 Å². The lowest BCUT2D eigenvalue weighted by Gasteiger charge is -2.27. The highest BCUT2D eigenvalue weighted by Gasteiger charge is 2.44. The lowest BCUT2D eigenvalue weighted by Crippen LogP contribution is -2.54. The van der Waals surface area contributed by atoms with Gasteiger partial charge in [-0.05, 0) is 24.1 Å². The Kier molecular flexibility index (Phi) is 4.50. The molecule has 0 bridgehead atoms. The second-order valence-electron chi connectivity index (χ2n) is 7.02. The summed E-state index contributed by atoms with van der Waals surface area (Å²) in [6, 6.07) is 4.04. The van der Waals surface area contributed by atoms with E-state index in [0.717, 1.165) is 10.5 Å². The van der Waals surface area contributed by atoms with E-state index in [0.29, 0.717) is 19.8 Å². The molecule has 4 amide bonds. The quantitative estimate of drug-likeness (QED) is 0.572. The van der Waals surface area contributed by atoms with Crippen molar-refractivity contribution in [3.8, 4) is 0 Å². The molecule has 0 aliphatic carbocycles. The summed E-state index contributed by atoms with van der Waals surface area (Å²) < 4.78 is 5.31. The van der Waals surface area contributed by atoms with Gasteiger partial charge in [0, 0.05) is 25.0 Å². The van der Waals surface area contributed by atoms with Gasteiger partial charge in [-0.25, -0.2) is 0 Å². The van der Waals surface area contributed by atoms with Crippen molar-refractivity contribution in [3.05, 3.63) is 34.9 Å². The molecule has 0 spiro atoms. The minimum Gasteiger partial charge on any atom is -0.378 e. The van der Waals surface area contributed by atoms with E-state index in [4.69, 9.17) is 10.5 Å². The monoisotopic (exact) mass is 372 g/mol. The molecule has 0 saturated carbocycles. The van der Waals surface area contributed by atoms with Crippen LogP contribution >= 0.6 is 0 Å². The number of carbonyl (C=O) groups is 4. The van der Waals surface area contributed by atoms with Crippen LogP contribution in [0.1, 0.15) is 39.1 Å². The third kappa shape index (κ3) is 3.14. The van der Waals surface area contributed by atoms with E-state index in [9.17, 15) is 19.2 Å². The van der Waals surface area contributed by atoms with Crippen LogP contribution in [0.25, 0.3) is 0 Å². The summed E-state index contributed by atoms with van der Waals surface area (Å²) in [5.74, 6) is -2.02. The number of hydrogen-bond donors (Lipinski definition) is 3. The average molecular weight is 372 g/mol. The zero-order chi connectivity index (χ0) is 19.1. The summed E-state index contributed by atoms with van der Waals surface area (Å²) in [4.78, 5) is 49.8. The number of ether oxygens (including phenoxy) is 1. The van der Waals surface area contributed by atoms with Gasteiger partial charge in [-0.1, -0.05) is 6.07 Å². The fourth-order valence-corrected chi connectivity index (χ4v) is 3.66. The van der Waals surface area contributed by atoms with Crippen LogP contribution in [0.5, 0.6) is 0 Å². The molecule has 3 aliphatic heterocycles. The Morgan fingerprint density at radius 3 is 2.63 bits per heavy atom. The van der Waals surface area contributed by atoms with E-state index in [1.54, 1.807) is 18.2 Å². The standard InChI is InChI=1S/C18H20N4O5/c19-12-7-27-8-13(12)20-6-9-1-2-10-11(5-9)18(26)22(17(10)25)14-3-4-15(23)21-16(14)24/h1-2,5,12-14,20H,3-4,6-8,19H2,(H,21,23,24)/t12-,13+,14?/m1/s1. The van der Waals surface area contributed by atoms with Crippen molar-refractivity contribution < 1.29 is 23.9 Å². The minimum atomic E-state index is -0.953. The molecule has 3 atom stereocenters. The first-order chi connectivity index (χ1) is 13.0. The molecule has 3 heterocycles. The predicted molar refractivity (Wildman–Crippen MR) is 92.5 cm³/mol. The second-order valence-corrected chi connectivity index (χ2v) is 7.02. The van der Waals surface area contributed by atoms with Crippen molar-refractivity contribution in [1.82, 2.24) is 15.5 Å². The molecular formula is C18H20N4O5. The van der Waals surface area contributed by atoms with Crippen LogP contribution in [-0.4, -0.2) is 59.9 Å². The molecule has 4 N–H and O–H groups in total. The largest absolute Gasteiger partial charge is 0.378 e. The third-order valence-corrected chi connectivity index (χ3v) is 5.20. The summed E-state index contributed by atoms with van der Waals surface area (Å²) in [5.41, 5.74) is 7.32. The van der Waals surface area contributed by atoms with Crippen LogP contribution in [0.3, 0.4) is 0 Å². The number of nitrogens with two attached hydrogens (primary N) is 1. The molecule has 3 aliphatic rings. The lowest BCUT2D eigenvalue weighted by molar-refractivity contribution is -0.136. The Morgan fingerprint density at radius 2 is 1.93 bits per heavy atom. The maximum absolute atomic E-state index is 12.8. The molecule has 0 aromatic heterocycles. The molecule has 1 aromatic rings. The molecule has 9 nitrogen and oxygen atoms in total. The first-order valence-electron chi connectivity index (χ1n) is 8.87. The lowest BCUT2D eigenvalue weighted by atomic mass is 10.0. The first kappa shape index (κ1) is 17.8. The molecule has 2 saturated heterocycles. The number of imide groups is 2. The Labute approximate surface area is 155 Å². The highest BCUT2D eigenvalue weighted by Crippen LogP contribution is 2.28. The van der Waals surface area contributed by atoms with Gasteiger partial charge in [0.1, 0.15) is 6.04 Å². The van der Waals surface area contributed by atoms with E-state index in [1.807, 2.05) is 0 Å². The number of piperidine rings is 1. The molecule has 0 radical (unpaired) electrons. The first-order valence-corrected chi connectivity index (χ1v) is 8.87. The number of nitrogens with zero attached hydrogens (tertiary/aromatic N) is 1. The van der Waals surface area contributed by atoms with Crippen molar-refractivity contribution in [2.75, 3.05) is 13.2 Å². The van der Waals surface area contributed by atoms with Gasteiger partial charge in [-0.15, -0.1) is 0 Å². The van der Waals surface area contributed by atoms with E-state index in [-0.39, 0.29) is 36.1 Å². The highest BCUT2D eigenvalue weighted by atomic mass is 16.5. The van der Waals surface area contributed by atoms with Gasteiger partial charge in [0.05, 0.1) is 24.3 Å². The smallest absolute Gasteiger partial charge is 0.262 e. The number of benzene rings is 1. The topological polar surface area (TPSA) is 131 Å². The van der Waals surface area contributed by atoms with Crippen LogP contribution < -0.4 is 16.4 Å². The SMILES string of the molecule is N[C@@H]1COC[C@@H]1NCc1ccc2c(c1)C(=O)N(C1CCC(=O)NC1=O)C2=O. The minimum absolute atomic E-state index is 0.0376. The van der Waals surface area contributed by atoms with Crippen LogP contribution in [0, 0.1) is 0 Å². The third-order valence-electron chi connectivity index (χ3n) is 5.20. The summed E-state index contributed by atoms with van der Waals surface area (Å²) >= 11 is 0. The maximum atomic E-state index is 12.8. The number of carbonyl (C=O) groups excluding carboxylic acids is 4. The number of hydrogen-bond acceptors (Lipinski definition) is 7. The summed E-state index contributed by atoms with van der Waals surface area (Å²) in [7, 11) is 0. The maximum Gasteiger partial charge on any atom is 0.262 e. The van der Waals surface area contributed by atoms with E-state index in [2.05, 4.69) is 10.6 Å². The number of amides is 4. The predicted octanol–water partition coefficient (Wildman–Crippen LogP) is -1.10. The van der Waals surface area contributed by atoms with Gasteiger partial charge in [-0.2, -0.15) is 0 Å². The molecule has 1 aromatic carbocycles. The van der Waals surface area contributed by atoms with Gasteiger partial charge < -0.3 is 15.8 Å². The number of fused-ring (bicyclic) bond motifs is 1. The van der Waals surface area contributed by atoms with Crippen LogP contribution in [0.15, 0.2) is 18.2 Å². The fraction of sp³-hybridized carbons (Fsp3) is 0.444. The van der Waals surface area contributed by atoms with E-state index in [1.165, 1.54) is 0 Å². The van der Waals surface area contributed by atoms with E-state index >= 15 is 0 Å². The molecular weight excluding hydrogens is 352 g/mol. The van der Waals surface area contributed by atoms with Gasteiger partial charge in [0.25, 0.3) is 11.8 Å². The zero-order valence-electron chi connectivity index (χ0n) is 14.6. The summed E-state index contributed by atoms with van der Waals surface area (Å²) in [6.07, 6.45) is 0.243. The normalized spacial score (nSPS) is 27.9. The number of rotatable bonds is 4. The Balaban J connectivity index is 1.51. The van der Waals surface area contributed by atoms with Crippen molar-refractivity contribution in [2.45, 2.75) is 37.5 Å². The highest BCUT2D eigenvalue weighted by molar-refractivity contribution is 6.23. The van der Waals surface area contributed by atoms with Gasteiger partial charge in [-0.3, -0.25) is 29.4 Å². The van der Waals surface area contributed by atoms with Gasteiger partial charge >= 0.3 is 0 Å². The summed E-state index contributed by atoms with van der Waals surface area (Å²) in [6.45, 7) is 1.53. The van der Waals surface area contributed by atoms with Gasteiger partial charge in [0.2, 0.25) is 11.8 Å². The average Bonchev–Trinajstić information content (AvgIpc) is 3.15. The van der Waals surface area contributed by atoms with Crippen LogP contribution in [0.2, 0.25) is 0 Å². The Bertz CT molecular complexity index is 839. The molecule has 9 heteroatoms. The van der Waals surface area contributed by atoms with E-state index < -0.39 is 29.7 Å². The van der Waals surface area contributed by atoms with Crippen LogP contribution in [-0.2, 0) is 20.9 Å². The van der Waals surface area contributed by atoms with Crippen molar-refractivity contribution in [2.24, 2.45) is 5.73 Å². The van der Waals surface area contributed by atoms with Crippen molar-refractivity contribution in [3.63, 3.8) is 0 Å². The molecule has 4 rings (SSSR count). The van der Waals surface area contributed by atoms with Crippen LogP contribution in [0.4, 0.5) is 0 Å². The molecule has 142 valence electrons. The Hall–Kier alpha value is -2.62. The zero-order valence-corrected chi connectivity index (χ0v) is 14.6. The Morgan fingerprint density at radius 1 is 1.15 bits per heavy atom. The van der Waals surface area contributed by atoms with Crippen molar-refractivity contribution in [1.29, 1.82) is 0 Å².